The van der Waals surface area contributed by atoms with E-state index in [1.54, 1.807) is 17.0 Å². The van der Waals surface area contributed by atoms with Gasteiger partial charge in [0.15, 0.2) is 0 Å². The molecule has 4 heteroatoms. The first-order chi connectivity index (χ1) is 6.72. The van der Waals surface area contributed by atoms with Crippen LogP contribution in [0.15, 0.2) is 18.2 Å². The van der Waals surface area contributed by atoms with Crippen molar-refractivity contribution in [2.24, 2.45) is 0 Å². The molecule has 1 aromatic carbocycles. The van der Waals surface area contributed by atoms with Crippen molar-refractivity contribution in [1.82, 2.24) is 4.90 Å². The average Bonchev–Trinajstić information content (AvgIpc) is 2.62. The number of phenolic OH excluding ortho intramolecular Hbond substituents is 1. The molecular formula is C10H10ClNO2. The molecule has 0 aliphatic carbocycles. The molecule has 0 saturated carbocycles. The summed E-state index contributed by atoms with van der Waals surface area (Å²) in [4.78, 5) is 12.9. The highest BCUT2D eigenvalue weighted by atomic mass is 35.5. The third-order valence-electron chi connectivity index (χ3n) is 2.43. The molecule has 2 rings (SSSR count). The molecule has 1 aromatic rings. The third kappa shape index (κ3) is 1.44. The fourth-order valence-electron chi connectivity index (χ4n) is 1.67. The lowest BCUT2D eigenvalue weighted by Crippen LogP contribution is -2.26. The van der Waals surface area contributed by atoms with Crippen molar-refractivity contribution in [3.8, 4) is 5.75 Å². The number of carbonyl (C=O) groups is 1. The lowest BCUT2D eigenvalue weighted by Gasteiger charge is -2.12. The average molecular weight is 212 g/mol. The summed E-state index contributed by atoms with van der Waals surface area (Å²) >= 11 is 5.46. The molecule has 0 bridgehead atoms. The standard InChI is InChI=1S/C10H10ClNO2/c11-4-10(14)12-5-7-2-1-3-9(13)8(7)6-12/h1-3,13H,4-6H2. The summed E-state index contributed by atoms with van der Waals surface area (Å²) in [5.41, 5.74) is 1.84. The number of aromatic hydroxyl groups is 1. The Bertz CT molecular complexity index is 378. The van der Waals surface area contributed by atoms with Gasteiger partial charge in [0.25, 0.3) is 0 Å². The molecule has 14 heavy (non-hydrogen) atoms. The Morgan fingerprint density at radius 3 is 2.93 bits per heavy atom. The molecule has 0 atom stereocenters. The topological polar surface area (TPSA) is 40.5 Å². The largest absolute Gasteiger partial charge is 0.508 e. The van der Waals surface area contributed by atoms with Gasteiger partial charge in [-0.2, -0.15) is 0 Å². The Balaban J connectivity index is 2.26. The number of nitrogens with zero attached hydrogens (tertiary/aromatic N) is 1. The first kappa shape index (κ1) is 9.34. The predicted molar refractivity (Wildman–Crippen MR) is 53.1 cm³/mol. The van der Waals surface area contributed by atoms with Gasteiger partial charge < -0.3 is 10.0 Å². The molecule has 1 aliphatic rings. The lowest BCUT2D eigenvalue weighted by molar-refractivity contribution is -0.129. The van der Waals surface area contributed by atoms with E-state index in [9.17, 15) is 9.90 Å². The van der Waals surface area contributed by atoms with E-state index in [0.29, 0.717) is 13.1 Å². The van der Waals surface area contributed by atoms with Crippen molar-refractivity contribution >= 4 is 17.5 Å². The quantitative estimate of drug-likeness (QED) is 0.715. The van der Waals surface area contributed by atoms with Crippen LogP contribution < -0.4 is 0 Å². The van der Waals surface area contributed by atoms with E-state index in [1.165, 1.54) is 0 Å². The molecule has 0 fully saturated rings. The van der Waals surface area contributed by atoms with E-state index >= 15 is 0 Å². The summed E-state index contributed by atoms with van der Waals surface area (Å²) in [5.74, 6) is 0.156. The Hall–Kier alpha value is -1.22. The summed E-state index contributed by atoms with van der Waals surface area (Å²) in [6, 6.07) is 5.33. The van der Waals surface area contributed by atoms with Gasteiger partial charge in [-0.1, -0.05) is 12.1 Å². The number of alkyl halides is 1. The molecular weight excluding hydrogens is 202 g/mol. The Labute approximate surface area is 86.9 Å². The summed E-state index contributed by atoms with van der Waals surface area (Å²) in [6.45, 7) is 1.02. The molecule has 0 aromatic heterocycles. The molecule has 1 N–H and O–H groups in total. The number of halogens is 1. The van der Waals surface area contributed by atoms with Gasteiger partial charge in [0.2, 0.25) is 5.91 Å². The van der Waals surface area contributed by atoms with Crippen LogP contribution in [-0.2, 0) is 17.9 Å². The summed E-state index contributed by atoms with van der Waals surface area (Å²) < 4.78 is 0. The lowest BCUT2D eigenvalue weighted by atomic mass is 10.1. The number of amides is 1. The van der Waals surface area contributed by atoms with Crippen molar-refractivity contribution in [3.63, 3.8) is 0 Å². The monoisotopic (exact) mass is 211 g/mol. The highest BCUT2D eigenvalue weighted by molar-refractivity contribution is 6.27. The SMILES string of the molecule is O=C(CCl)N1Cc2cccc(O)c2C1. The molecule has 0 unspecified atom stereocenters. The molecule has 74 valence electrons. The van der Waals surface area contributed by atoms with Crippen LogP contribution in [0.2, 0.25) is 0 Å². The Morgan fingerprint density at radius 2 is 2.29 bits per heavy atom. The number of rotatable bonds is 1. The maximum Gasteiger partial charge on any atom is 0.238 e. The molecule has 3 nitrogen and oxygen atoms in total. The van der Waals surface area contributed by atoms with Crippen molar-refractivity contribution in [1.29, 1.82) is 0 Å². The zero-order valence-corrected chi connectivity index (χ0v) is 8.29. The number of carbonyl (C=O) groups excluding carboxylic acids is 1. The van der Waals surface area contributed by atoms with Gasteiger partial charge in [0.1, 0.15) is 11.6 Å². The highest BCUT2D eigenvalue weighted by Crippen LogP contribution is 2.29. The maximum atomic E-state index is 11.3. The van der Waals surface area contributed by atoms with Crippen LogP contribution in [0.25, 0.3) is 0 Å². The molecule has 1 aliphatic heterocycles. The van der Waals surface area contributed by atoms with Gasteiger partial charge in [-0.05, 0) is 11.6 Å². The summed E-state index contributed by atoms with van der Waals surface area (Å²) in [5, 5.41) is 9.53. The van der Waals surface area contributed by atoms with Gasteiger partial charge in [0.05, 0.1) is 6.54 Å². The molecule has 0 radical (unpaired) electrons. The van der Waals surface area contributed by atoms with Crippen LogP contribution in [0.3, 0.4) is 0 Å². The molecule has 0 saturated heterocycles. The van der Waals surface area contributed by atoms with E-state index in [0.717, 1.165) is 11.1 Å². The smallest absolute Gasteiger partial charge is 0.238 e. The first-order valence-electron chi connectivity index (χ1n) is 4.36. The Kier molecular flexibility index (Phi) is 2.33. The Morgan fingerprint density at radius 1 is 1.50 bits per heavy atom. The van der Waals surface area contributed by atoms with E-state index < -0.39 is 0 Å². The number of hydrogen-bond donors (Lipinski definition) is 1. The minimum absolute atomic E-state index is 0.00521. The van der Waals surface area contributed by atoms with Gasteiger partial charge >= 0.3 is 0 Å². The molecule has 1 amide bonds. The first-order valence-corrected chi connectivity index (χ1v) is 4.89. The van der Waals surface area contributed by atoms with Gasteiger partial charge in [-0.25, -0.2) is 0 Å². The van der Waals surface area contributed by atoms with Crippen molar-refractivity contribution in [2.75, 3.05) is 5.88 Å². The van der Waals surface area contributed by atoms with E-state index in [1.807, 2.05) is 6.07 Å². The van der Waals surface area contributed by atoms with Crippen LogP contribution in [0.1, 0.15) is 11.1 Å². The molecule has 1 heterocycles. The van der Waals surface area contributed by atoms with Crippen molar-refractivity contribution in [2.45, 2.75) is 13.1 Å². The van der Waals surface area contributed by atoms with Crippen LogP contribution in [0.4, 0.5) is 0 Å². The van der Waals surface area contributed by atoms with Crippen LogP contribution in [0, 0.1) is 0 Å². The van der Waals surface area contributed by atoms with Gasteiger partial charge in [-0.3, -0.25) is 4.79 Å². The van der Waals surface area contributed by atoms with Gasteiger partial charge in [-0.15, -0.1) is 11.6 Å². The van der Waals surface area contributed by atoms with Crippen molar-refractivity contribution < 1.29 is 9.90 Å². The number of hydrogen-bond acceptors (Lipinski definition) is 2. The minimum atomic E-state index is -0.0951. The fourth-order valence-corrected chi connectivity index (χ4v) is 1.83. The molecule has 0 spiro atoms. The normalized spacial score (nSPS) is 14.2. The second kappa shape index (κ2) is 3.50. The van der Waals surface area contributed by atoms with E-state index in [2.05, 4.69) is 0 Å². The predicted octanol–water partition coefficient (Wildman–Crippen LogP) is 1.47. The second-order valence-electron chi connectivity index (χ2n) is 3.30. The van der Waals surface area contributed by atoms with Gasteiger partial charge in [0, 0.05) is 12.1 Å². The number of phenols is 1. The zero-order valence-electron chi connectivity index (χ0n) is 7.53. The van der Waals surface area contributed by atoms with Crippen LogP contribution in [0.5, 0.6) is 5.75 Å². The van der Waals surface area contributed by atoms with Crippen LogP contribution in [-0.4, -0.2) is 21.8 Å². The zero-order chi connectivity index (χ0) is 10.1. The third-order valence-corrected chi connectivity index (χ3v) is 2.65. The van der Waals surface area contributed by atoms with E-state index in [4.69, 9.17) is 11.6 Å². The number of benzene rings is 1. The van der Waals surface area contributed by atoms with Crippen molar-refractivity contribution in [3.05, 3.63) is 29.3 Å². The van der Waals surface area contributed by atoms with Crippen LogP contribution >= 0.6 is 11.6 Å². The summed E-state index contributed by atoms with van der Waals surface area (Å²) in [7, 11) is 0. The number of fused-ring (bicyclic) bond motifs is 1. The highest BCUT2D eigenvalue weighted by Gasteiger charge is 2.24. The fraction of sp³-hybridized carbons (Fsp3) is 0.300. The maximum absolute atomic E-state index is 11.3. The minimum Gasteiger partial charge on any atom is -0.508 e. The van der Waals surface area contributed by atoms with E-state index in [-0.39, 0.29) is 17.5 Å². The summed E-state index contributed by atoms with van der Waals surface area (Å²) in [6.07, 6.45) is 0. The second-order valence-corrected chi connectivity index (χ2v) is 3.57.